The summed E-state index contributed by atoms with van der Waals surface area (Å²) in [6, 6.07) is 12.4. The third-order valence-corrected chi connectivity index (χ3v) is 7.28. The molecule has 0 bridgehead atoms. The molecule has 2 aliphatic rings. The summed E-state index contributed by atoms with van der Waals surface area (Å²) >= 11 is 0. The van der Waals surface area contributed by atoms with Crippen LogP contribution in [0.25, 0.3) is 0 Å². The van der Waals surface area contributed by atoms with E-state index >= 15 is 0 Å². The fourth-order valence-electron chi connectivity index (χ4n) is 5.06. The monoisotopic (exact) mass is 437 g/mol. The van der Waals surface area contributed by atoms with Crippen LogP contribution < -0.4 is 5.73 Å². The number of aliphatic carboxylic acids is 2. The van der Waals surface area contributed by atoms with E-state index < -0.39 is 22.9 Å². The minimum atomic E-state index is -1.07. The van der Waals surface area contributed by atoms with Crippen molar-refractivity contribution in [2.45, 2.75) is 77.7 Å². The average Bonchev–Trinajstić information content (AvgIpc) is 2.78. The maximum Gasteiger partial charge on any atom is 0.324 e. The highest BCUT2D eigenvalue weighted by atomic mass is 16.4. The summed E-state index contributed by atoms with van der Waals surface area (Å²) in [5.41, 5.74) is 12.0. The van der Waals surface area contributed by atoms with Crippen LogP contribution >= 0.6 is 0 Å². The molecule has 32 heavy (non-hydrogen) atoms. The maximum absolute atomic E-state index is 11.2. The molecule has 0 aliphatic heterocycles. The number of carboxylic acid groups (broad SMARTS) is 2. The summed E-state index contributed by atoms with van der Waals surface area (Å²) < 4.78 is 0. The van der Waals surface area contributed by atoms with Crippen LogP contribution in [0.1, 0.15) is 67.0 Å². The first-order chi connectivity index (χ1) is 15.1. The molecule has 0 heterocycles. The number of rotatable bonds is 4. The van der Waals surface area contributed by atoms with Crippen molar-refractivity contribution >= 4 is 11.9 Å². The number of carbonyl (C=O) groups is 2. The van der Waals surface area contributed by atoms with Gasteiger partial charge in [-0.25, -0.2) is 0 Å². The van der Waals surface area contributed by atoms with Crippen LogP contribution in [0.4, 0.5) is 0 Å². The van der Waals surface area contributed by atoms with E-state index in [1.165, 1.54) is 27.8 Å². The first-order valence-corrected chi connectivity index (χ1v) is 11.6. The fraction of sp³-hybridized carbons (Fsp3) is 0.481. The van der Waals surface area contributed by atoms with Crippen molar-refractivity contribution in [3.63, 3.8) is 0 Å². The van der Waals surface area contributed by atoms with Crippen LogP contribution in [-0.2, 0) is 48.1 Å². The fourth-order valence-corrected chi connectivity index (χ4v) is 5.06. The zero-order valence-corrected chi connectivity index (χ0v) is 19.4. The van der Waals surface area contributed by atoms with E-state index in [4.69, 9.17) is 10.8 Å². The average molecular weight is 438 g/mol. The van der Waals surface area contributed by atoms with Gasteiger partial charge < -0.3 is 15.9 Å². The molecule has 0 saturated carbocycles. The highest BCUT2D eigenvalue weighted by molar-refractivity contribution is 5.79. The largest absolute Gasteiger partial charge is 0.481 e. The number of fused-ring (bicyclic) bond motifs is 2. The molecule has 2 aromatic carbocycles. The molecule has 2 aromatic rings. The van der Waals surface area contributed by atoms with Gasteiger partial charge in [-0.3, -0.25) is 9.59 Å². The van der Waals surface area contributed by atoms with Crippen molar-refractivity contribution in [1.82, 2.24) is 0 Å². The second-order valence-electron chi connectivity index (χ2n) is 9.50. The molecule has 2 unspecified atom stereocenters. The minimum Gasteiger partial charge on any atom is -0.481 e. The van der Waals surface area contributed by atoms with E-state index in [0.29, 0.717) is 19.3 Å². The Labute approximate surface area is 190 Å². The summed E-state index contributed by atoms with van der Waals surface area (Å²) in [7, 11) is 0. The Morgan fingerprint density at radius 3 is 1.81 bits per heavy atom. The number of hydrogen-bond acceptors (Lipinski definition) is 3. The molecule has 0 fully saturated rings. The van der Waals surface area contributed by atoms with Gasteiger partial charge in [0.05, 0.1) is 5.41 Å². The van der Waals surface area contributed by atoms with Crippen molar-refractivity contribution in [2.75, 3.05) is 0 Å². The first-order valence-electron chi connectivity index (χ1n) is 11.6. The predicted molar refractivity (Wildman–Crippen MR) is 126 cm³/mol. The van der Waals surface area contributed by atoms with Gasteiger partial charge in [-0.15, -0.1) is 0 Å². The van der Waals surface area contributed by atoms with Crippen molar-refractivity contribution < 1.29 is 19.8 Å². The van der Waals surface area contributed by atoms with E-state index in [1.54, 1.807) is 0 Å². The zero-order chi connectivity index (χ0) is 23.5. The number of benzene rings is 2. The lowest BCUT2D eigenvalue weighted by atomic mass is 9.72. The lowest BCUT2D eigenvalue weighted by molar-refractivity contribution is -0.148. The Balaban J connectivity index is 0.000000181. The van der Waals surface area contributed by atoms with Crippen molar-refractivity contribution in [3.8, 4) is 0 Å². The van der Waals surface area contributed by atoms with Crippen LogP contribution in [0.2, 0.25) is 0 Å². The second kappa shape index (κ2) is 9.45. The minimum absolute atomic E-state index is 0.450. The Kier molecular flexibility index (Phi) is 7.09. The summed E-state index contributed by atoms with van der Waals surface area (Å²) in [5, 5.41) is 18.4. The quantitative estimate of drug-likeness (QED) is 0.660. The zero-order valence-electron chi connectivity index (χ0n) is 19.4. The van der Waals surface area contributed by atoms with E-state index in [0.717, 1.165) is 37.7 Å². The second-order valence-corrected chi connectivity index (χ2v) is 9.50. The smallest absolute Gasteiger partial charge is 0.324 e. The van der Waals surface area contributed by atoms with Gasteiger partial charge in [0, 0.05) is 6.42 Å². The third kappa shape index (κ3) is 4.73. The van der Waals surface area contributed by atoms with Gasteiger partial charge in [0.1, 0.15) is 5.54 Å². The molecule has 0 radical (unpaired) electrons. The van der Waals surface area contributed by atoms with Crippen LogP contribution in [0.15, 0.2) is 36.4 Å². The summed E-state index contributed by atoms with van der Waals surface area (Å²) in [6.07, 6.45) is 6.13. The van der Waals surface area contributed by atoms with Crippen LogP contribution in [0, 0.1) is 5.41 Å². The summed E-state index contributed by atoms with van der Waals surface area (Å²) in [4.78, 5) is 22.4. The van der Waals surface area contributed by atoms with Crippen molar-refractivity contribution in [3.05, 3.63) is 69.8 Å². The Morgan fingerprint density at radius 2 is 1.34 bits per heavy atom. The SMILES string of the molecule is CCc1cccc2c1CCC(C)(C(=O)O)C2.CCc1cccc2c1CCC(N)(C(=O)O)C2. The van der Waals surface area contributed by atoms with Gasteiger partial charge in [-0.2, -0.15) is 0 Å². The molecule has 0 amide bonds. The van der Waals surface area contributed by atoms with Crippen molar-refractivity contribution in [2.24, 2.45) is 11.1 Å². The first kappa shape index (κ1) is 24.0. The standard InChI is InChI=1S/C14H18O2.C13H17NO2/c1-3-10-5-4-6-11-9-14(2,13(15)16)8-7-12(10)11;1-2-9-4-3-5-10-8-13(14,12(15)16)7-6-11(9)10/h4-6H,3,7-9H2,1-2H3,(H,15,16);3-5H,2,6-8,14H2,1H3,(H,15,16). The Morgan fingerprint density at radius 1 is 0.844 bits per heavy atom. The van der Waals surface area contributed by atoms with Crippen molar-refractivity contribution in [1.29, 1.82) is 0 Å². The number of hydrogen-bond donors (Lipinski definition) is 3. The van der Waals surface area contributed by atoms with E-state index in [2.05, 4.69) is 32.0 Å². The number of nitrogens with two attached hydrogens (primary N) is 1. The van der Waals surface area contributed by atoms with Crippen LogP contribution in [0.3, 0.4) is 0 Å². The molecule has 0 saturated heterocycles. The van der Waals surface area contributed by atoms with Gasteiger partial charge in [0.2, 0.25) is 0 Å². The highest BCUT2D eigenvalue weighted by Crippen LogP contribution is 2.37. The molecule has 2 aliphatic carbocycles. The topological polar surface area (TPSA) is 101 Å². The van der Waals surface area contributed by atoms with Gasteiger partial charge in [0.25, 0.3) is 0 Å². The van der Waals surface area contributed by atoms with E-state index in [-0.39, 0.29) is 0 Å². The lowest BCUT2D eigenvalue weighted by Gasteiger charge is -2.32. The molecular weight excluding hydrogens is 402 g/mol. The van der Waals surface area contributed by atoms with E-state index in [9.17, 15) is 14.7 Å². The van der Waals surface area contributed by atoms with Gasteiger partial charge in [-0.1, -0.05) is 50.2 Å². The molecule has 4 N–H and O–H groups in total. The third-order valence-electron chi connectivity index (χ3n) is 7.28. The maximum atomic E-state index is 11.2. The molecule has 5 nitrogen and oxygen atoms in total. The molecule has 172 valence electrons. The summed E-state index contributed by atoms with van der Waals surface area (Å²) in [5.74, 6) is -1.56. The molecular formula is C27H35NO4. The molecule has 4 rings (SSSR count). The number of carboxylic acids is 2. The van der Waals surface area contributed by atoms with Gasteiger partial charge in [-0.05, 0) is 85.3 Å². The Hall–Kier alpha value is -2.66. The molecule has 2 atom stereocenters. The molecule has 5 heteroatoms. The van der Waals surface area contributed by atoms with E-state index in [1.807, 2.05) is 25.1 Å². The Bertz CT molecular complexity index is 933. The normalized spacial score (nSPS) is 23.9. The molecule has 0 aromatic heterocycles. The highest BCUT2D eigenvalue weighted by Gasteiger charge is 2.38. The molecule has 0 spiro atoms. The number of aryl methyl sites for hydroxylation is 2. The predicted octanol–water partition coefficient (Wildman–Crippen LogP) is 4.35. The van der Waals surface area contributed by atoms with Gasteiger partial charge >= 0.3 is 11.9 Å². The summed E-state index contributed by atoms with van der Waals surface area (Å²) in [6.45, 7) is 6.13. The van der Waals surface area contributed by atoms with Crippen LogP contribution in [0.5, 0.6) is 0 Å². The lowest BCUT2D eigenvalue weighted by Crippen LogP contribution is -2.52. The van der Waals surface area contributed by atoms with Crippen LogP contribution in [-0.4, -0.2) is 27.7 Å². The van der Waals surface area contributed by atoms with Gasteiger partial charge in [0.15, 0.2) is 0 Å².